The van der Waals surface area contributed by atoms with Crippen LogP contribution in [0.3, 0.4) is 0 Å². The zero-order valence-electron chi connectivity index (χ0n) is 12.2. The SMILES string of the molecule is CN(C)c1ccccc1-n1cncc1C1CCCNC1. The molecule has 1 saturated heterocycles. The van der Waals surface area contributed by atoms with Gasteiger partial charge in [0.15, 0.2) is 0 Å². The predicted molar refractivity (Wildman–Crippen MR) is 82.7 cm³/mol. The van der Waals surface area contributed by atoms with Crippen molar-refractivity contribution in [3.8, 4) is 5.69 Å². The van der Waals surface area contributed by atoms with E-state index in [0.717, 1.165) is 13.1 Å². The maximum absolute atomic E-state index is 4.39. The van der Waals surface area contributed by atoms with Gasteiger partial charge >= 0.3 is 0 Å². The molecule has 1 N–H and O–H groups in total. The van der Waals surface area contributed by atoms with Gasteiger partial charge in [-0.2, -0.15) is 0 Å². The first-order valence-corrected chi connectivity index (χ1v) is 7.27. The van der Waals surface area contributed by atoms with Crippen molar-refractivity contribution in [2.45, 2.75) is 18.8 Å². The Balaban J connectivity index is 2.01. The van der Waals surface area contributed by atoms with Gasteiger partial charge in [0.25, 0.3) is 0 Å². The second-order valence-electron chi connectivity index (χ2n) is 5.61. The first-order chi connectivity index (χ1) is 9.77. The van der Waals surface area contributed by atoms with E-state index in [1.54, 1.807) is 0 Å². The van der Waals surface area contributed by atoms with Gasteiger partial charge in [-0.05, 0) is 31.5 Å². The van der Waals surface area contributed by atoms with Crippen molar-refractivity contribution in [3.63, 3.8) is 0 Å². The second-order valence-corrected chi connectivity index (χ2v) is 5.61. The average molecular weight is 270 g/mol. The Morgan fingerprint density at radius 3 is 2.90 bits per heavy atom. The smallest absolute Gasteiger partial charge is 0.0994 e. The molecule has 0 radical (unpaired) electrons. The van der Waals surface area contributed by atoms with E-state index in [9.17, 15) is 0 Å². The van der Waals surface area contributed by atoms with Crippen LogP contribution in [0.25, 0.3) is 5.69 Å². The van der Waals surface area contributed by atoms with E-state index in [-0.39, 0.29) is 0 Å². The molecule has 20 heavy (non-hydrogen) atoms. The largest absolute Gasteiger partial charge is 0.376 e. The highest BCUT2D eigenvalue weighted by Gasteiger charge is 2.20. The summed E-state index contributed by atoms with van der Waals surface area (Å²) in [5.41, 5.74) is 3.73. The Labute approximate surface area is 120 Å². The molecule has 4 heteroatoms. The number of hydrogen-bond donors (Lipinski definition) is 1. The van der Waals surface area contributed by atoms with Gasteiger partial charge in [0, 0.05) is 38.4 Å². The maximum Gasteiger partial charge on any atom is 0.0994 e. The molecular formula is C16H22N4. The number of para-hydroxylation sites is 2. The first-order valence-electron chi connectivity index (χ1n) is 7.27. The minimum atomic E-state index is 0.557. The molecule has 106 valence electrons. The van der Waals surface area contributed by atoms with Gasteiger partial charge < -0.3 is 14.8 Å². The van der Waals surface area contributed by atoms with Gasteiger partial charge in [-0.1, -0.05) is 12.1 Å². The molecule has 0 saturated carbocycles. The fraction of sp³-hybridized carbons (Fsp3) is 0.438. The summed E-state index contributed by atoms with van der Waals surface area (Å²) in [4.78, 5) is 6.54. The van der Waals surface area contributed by atoms with Crippen LogP contribution in [0.1, 0.15) is 24.5 Å². The van der Waals surface area contributed by atoms with E-state index < -0.39 is 0 Å². The van der Waals surface area contributed by atoms with Crippen molar-refractivity contribution in [1.29, 1.82) is 0 Å². The molecule has 3 rings (SSSR count). The third kappa shape index (κ3) is 2.43. The van der Waals surface area contributed by atoms with E-state index in [4.69, 9.17) is 0 Å². The monoisotopic (exact) mass is 270 g/mol. The summed E-state index contributed by atoms with van der Waals surface area (Å²) in [5.74, 6) is 0.557. The number of benzene rings is 1. The minimum absolute atomic E-state index is 0.557. The second kappa shape index (κ2) is 5.67. The van der Waals surface area contributed by atoms with Crippen molar-refractivity contribution in [2.24, 2.45) is 0 Å². The van der Waals surface area contributed by atoms with E-state index in [2.05, 4.69) is 58.1 Å². The molecule has 0 aliphatic carbocycles. The molecule has 0 amide bonds. The molecule has 1 atom stereocenters. The number of piperidine rings is 1. The van der Waals surface area contributed by atoms with Gasteiger partial charge in [-0.25, -0.2) is 4.98 Å². The average Bonchev–Trinajstić information content (AvgIpc) is 2.97. The first kappa shape index (κ1) is 13.2. The van der Waals surface area contributed by atoms with Gasteiger partial charge in [0.1, 0.15) is 0 Å². The summed E-state index contributed by atoms with van der Waals surface area (Å²) < 4.78 is 2.24. The van der Waals surface area contributed by atoms with Crippen LogP contribution < -0.4 is 10.2 Å². The third-order valence-electron chi connectivity index (χ3n) is 4.01. The van der Waals surface area contributed by atoms with E-state index in [1.807, 2.05) is 12.5 Å². The van der Waals surface area contributed by atoms with Crippen LogP contribution in [0.15, 0.2) is 36.8 Å². The van der Waals surface area contributed by atoms with Crippen LogP contribution in [0.4, 0.5) is 5.69 Å². The maximum atomic E-state index is 4.39. The van der Waals surface area contributed by atoms with Crippen molar-refractivity contribution in [2.75, 3.05) is 32.1 Å². The van der Waals surface area contributed by atoms with Crippen LogP contribution >= 0.6 is 0 Å². The lowest BCUT2D eigenvalue weighted by Gasteiger charge is -2.25. The van der Waals surface area contributed by atoms with Crippen LogP contribution in [0.2, 0.25) is 0 Å². The Hall–Kier alpha value is -1.81. The number of nitrogens with zero attached hydrogens (tertiary/aromatic N) is 3. The third-order valence-corrected chi connectivity index (χ3v) is 4.01. The highest BCUT2D eigenvalue weighted by molar-refractivity contribution is 5.62. The molecule has 1 aliphatic heterocycles. The molecule has 1 aromatic carbocycles. The lowest BCUT2D eigenvalue weighted by atomic mass is 9.96. The number of nitrogens with one attached hydrogen (secondary N) is 1. The molecule has 0 spiro atoms. The molecule has 2 heterocycles. The Bertz CT molecular complexity index is 567. The normalized spacial score (nSPS) is 19.0. The number of anilines is 1. The summed E-state index contributed by atoms with van der Waals surface area (Å²) in [5, 5.41) is 3.49. The standard InChI is InChI=1S/C16H22N4/c1-19(2)14-7-3-4-8-15(14)20-12-18-11-16(20)13-6-5-9-17-10-13/h3-4,7-8,11-13,17H,5-6,9-10H2,1-2H3. The zero-order valence-corrected chi connectivity index (χ0v) is 12.2. The molecular weight excluding hydrogens is 248 g/mol. The zero-order chi connectivity index (χ0) is 13.9. The van der Waals surface area contributed by atoms with E-state index >= 15 is 0 Å². The Morgan fingerprint density at radius 1 is 1.30 bits per heavy atom. The highest BCUT2D eigenvalue weighted by atomic mass is 15.1. The lowest BCUT2D eigenvalue weighted by molar-refractivity contribution is 0.451. The summed E-state index contributed by atoms with van der Waals surface area (Å²) in [6, 6.07) is 8.48. The van der Waals surface area contributed by atoms with Crippen molar-refractivity contribution in [3.05, 3.63) is 42.5 Å². The fourth-order valence-electron chi connectivity index (χ4n) is 2.96. The topological polar surface area (TPSA) is 33.1 Å². The van der Waals surface area contributed by atoms with Crippen molar-refractivity contribution in [1.82, 2.24) is 14.9 Å². The highest BCUT2D eigenvalue weighted by Crippen LogP contribution is 2.29. The summed E-state index contributed by atoms with van der Waals surface area (Å²) in [7, 11) is 4.16. The predicted octanol–water partition coefficient (Wildman–Crippen LogP) is 2.41. The summed E-state index contributed by atoms with van der Waals surface area (Å²) >= 11 is 0. The van der Waals surface area contributed by atoms with Crippen molar-refractivity contribution < 1.29 is 0 Å². The molecule has 1 aliphatic rings. The van der Waals surface area contributed by atoms with Crippen LogP contribution in [0.5, 0.6) is 0 Å². The van der Waals surface area contributed by atoms with E-state index in [0.29, 0.717) is 5.92 Å². The lowest BCUT2D eigenvalue weighted by Crippen LogP contribution is -2.29. The van der Waals surface area contributed by atoms with E-state index in [1.165, 1.54) is 29.9 Å². The molecule has 1 fully saturated rings. The van der Waals surface area contributed by atoms with Gasteiger partial charge in [0.2, 0.25) is 0 Å². The van der Waals surface area contributed by atoms with Crippen molar-refractivity contribution >= 4 is 5.69 Å². The van der Waals surface area contributed by atoms with Gasteiger partial charge in [-0.15, -0.1) is 0 Å². The summed E-state index contributed by atoms with van der Waals surface area (Å²) in [6.07, 6.45) is 6.43. The molecule has 1 unspecified atom stereocenters. The van der Waals surface area contributed by atoms with Crippen LogP contribution in [-0.4, -0.2) is 36.7 Å². The number of hydrogen-bond acceptors (Lipinski definition) is 3. The quantitative estimate of drug-likeness (QED) is 0.929. The molecule has 1 aromatic heterocycles. The number of rotatable bonds is 3. The Morgan fingerprint density at radius 2 is 2.15 bits per heavy atom. The Kier molecular flexibility index (Phi) is 3.74. The minimum Gasteiger partial charge on any atom is -0.376 e. The van der Waals surface area contributed by atoms with Crippen LogP contribution in [0, 0.1) is 0 Å². The van der Waals surface area contributed by atoms with Gasteiger partial charge in [0.05, 0.1) is 17.7 Å². The van der Waals surface area contributed by atoms with Crippen LogP contribution in [-0.2, 0) is 0 Å². The molecule has 4 nitrogen and oxygen atoms in total. The number of imidazole rings is 1. The molecule has 2 aromatic rings. The summed E-state index contributed by atoms with van der Waals surface area (Å²) in [6.45, 7) is 2.19. The fourth-order valence-corrected chi connectivity index (χ4v) is 2.96. The molecule has 0 bridgehead atoms. The number of aromatic nitrogens is 2. The van der Waals surface area contributed by atoms with Gasteiger partial charge in [-0.3, -0.25) is 0 Å².